The van der Waals surface area contributed by atoms with Gasteiger partial charge in [0.25, 0.3) is 0 Å². The summed E-state index contributed by atoms with van der Waals surface area (Å²) < 4.78 is 0. The zero-order chi connectivity index (χ0) is 9.26. The van der Waals surface area contributed by atoms with Gasteiger partial charge in [-0.25, -0.2) is 0 Å². The zero-order valence-electron chi connectivity index (χ0n) is 7.02. The fraction of sp³-hybridized carbons (Fsp3) is 0.500. The van der Waals surface area contributed by atoms with E-state index in [9.17, 15) is 0 Å². The lowest BCUT2D eigenvalue weighted by molar-refractivity contribution is 0.225. The van der Waals surface area contributed by atoms with Crippen molar-refractivity contribution in [1.82, 2.24) is 10.2 Å². The van der Waals surface area contributed by atoms with Crippen molar-refractivity contribution in [2.45, 2.75) is 12.5 Å². The molecular weight excluding hydrogens is 190 g/mol. The van der Waals surface area contributed by atoms with Gasteiger partial charge in [0.15, 0.2) is 11.0 Å². The standard InChI is InChI=1S/C8H10ClN3O/c9-7-1-2-8(11-10-7)12-4-3-6(12)5-13/h1-2,6,13H,3-5H2/t6-/m1/s1. The van der Waals surface area contributed by atoms with Crippen molar-refractivity contribution in [2.24, 2.45) is 0 Å². The third kappa shape index (κ3) is 1.59. The molecule has 0 spiro atoms. The van der Waals surface area contributed by atoms with Crippen molar-refractivity contribution in [1.29, 1.82) is 0 Å². The summed E-state index contributed by atoms with van der Waals surface area (Å²) in [5.41, 5.74) is 0. The number of hydrogen-bond donors (Lipinski definition) is 1. The Hall–Kier alpha value is -0.870. The molecule has 2 rings (SSSR count). The maximum Gasteiger partial charge on any atom is 0.151 e. The lowest BCUT2D eigenvalue weighted by Gasteiger charge is -2.40. The first-order valence-corrected chi connectivity index (χ1v) is 4.56. The quantitative estimate of drug-likeness (QED) is 0.762. The smallest absolute Gasteiger partial charge is 0.151 e. The SMILES string of the molecule is OC[C@H]1CCN1c1ccc(Cl)nn1. The molecule has 1 saturated heterocycles. The second-order valence-electron chi connectivity index (χ2n) is 3.03. The Morgan fingerprint density at radius 2 is 2.38 bits per heavy atom. The molecule has 0 unspecified atom stereocenters. The molecular formula is C8H10ClN3O. The first-order valence-electron chi connectivity index (χ1n) is 4.18. The summed E-state index contributed by atoms with van der Waals surface area (Å²) in [4.78, 5) is 2.02. The van der Waals surface area contributed by atoms with E-state index >= 15 is 0 Å². The molecule has 0 radical (unpaired) electrons. The maximum atomic E-state index is 8.96. The van der Waals surface area contributed by atoms with Crippen molar-refractivity contribution in [3.8, 4) is 0 Å². The van der Waals surface area contributed by atoms with E-state index in [0.717, 1.165) is 18.8 Å². The summed E-state index contributed by atoms with van der Waals surface area (Å²) in [6.07, 6.45) is 1.01. The number of hydrogen-bond acceptors (Lipinski definition) is 4. The van der Waals surface area contributed by atoms with Crippen LogP contribution in [0.25, 0.3) is 0 Å². The van der Waals surface area contributed by atoms with Gasteiger partial charge in [0.1, 0.15) is 0 Å². The molecule has 1 fully saturated rings. The highest BCUT2D eigenvalue weighted by Crippen LogP contribution is 2.23. The summed E-state index contributed by atoms with van der Waals surface area (Å²) >= 11 is 5.61. The molecule has 1 aromatic rings. The van der Waals surface area contributed by atoms with Gasteiger partial charge in [-0.05, 0) is 18.6 Å². The molecule has 0 bridgehead atoms. The molecule has 5 heteroatoms. The van der Waals surface area contributed by atoms with E-state index in [4.69, 9.17) is 16.7 Å². The molecule has 0 aliphatic carbocycles. The van der Waals surface area contributed by atoms with Crippen molar-refractivity contribution in [2.75, 3.05) is 18.1 Å². The highest BCUT2D eigenvalue weighted by Gasteiger charge is 2.28. The first-order chi connectivity index (χ1) is 6.31. The minimum absolute atomic E-state index is 0.171. The van der Waals surface area contributed by atoms with Crippen molar-refractivity contribution >= 4 is 17.4 Å². The van der Waals surface area contributed by atoms with Gasteiger partial charge in [0.05, 0.1) is 12.6 Å². The monoisotopic (exact) mass is 199 g/mol. The van der Waals surface area contributed by atoms with Gasteiger partial charge in [-0.1, -0.05) is 11.6 Å². The van der Waals surface area contributed by atoms with Gasteiger partial charge < -0.3 is 10.0 Å². The largest absolute Gasteiger partial charge is 0.394 e. The van der Waals surface area contributed by atoms with Crippen molar-refractivity contribution in [3.63, 3.8) is 0 Å². The molecule has 70 valence electrons. The minimum atomic E-state index is 0.171. The predicted molar refractivity (Wildman–Crippen MR) is 49.9 cm³/mol. The van der Waals surface area contributed by atoms with Gasteiger partial charge in [-0.15, -0.1) is 10.2 Å². The first kappa shape index (κ1) is 8.72. The van der Waals surface area contributed by atoms with E-state index in [1.807, 2.05) is 11.0 Å². The highest BCUT2D eigenvalue weighted by molar-refractivity contribution is 6.29. The second kappa shape index (κ2) is 3.47. The summed E-state index contributed by atoms with van der Waals surface area (Å²) in [5.74, 6) is 0.787. The molecule has 0 saturated carbocycles. The third-order valence-corrected chi connectivity index (χ3v) is 2.47. The van der Waals surface area contributed by atoms with Crippen LogP contribution in [0.5, 0.6) is 0 Å². The Balaban J connectivity index is 2.12. The van der Waals surface area contributed by atoms with Gasteiger partial charge in [0.2, 0.25) is 0 Å². The normalized spacial score (nSPS) is 21.4. The number of aromatic nitrogens is 2. The third-order valence-electron chi connectivity index (χ3n) is 2.27. The fourth-order valence-corrected chi connectivity index (χ4v) is 1.50. The van der Waals surface area contributed by atoms with Crippen LogP contribution in [0.3, 0.4) is 0 Å². The summed E-state index contributed by atoms with van der Waals surface area (Å²) in [6.45, 7) is 1.10. The number of aliphatic hydroxyl groups is 1. The molecule has 0 amide bonds. The van der Waals surface area contributed by atoms with E-state index in [1.54, 1.807) is 6.07 Å². The minimum Gasteiger partial charge on any atom is -0.394 e. The molecule has 13 heavy (non-hydrogen) atoms. The van der Waals surface area contributed by atoms with Gasteiger partial charge in [0, 0.05) is 6.54 Å². The fourth-order valence-electron chi connectivity index (χ4n) is 1.39. The maximum absolute atomic E-state index is 8.96. The van der Waals surface area contributed by atoms with Crippen LogP contribution in [0.1, 0.15) is 6.42 Å². The van der Waals surface area contributed by atoms with E-state index in [1.165, 1.54) is 0 Å². The number of nitrogens with zero attached hydrogens (tertiary/aromatic N) is 3. The zero-order valence-corrected chi connectivity index (χ0v) is 7.78. The Kier molecular flexibility index (Phi) is 2.33. The van der Waals surface area contributed by atoms with Crippen molar-refractivity contribution in [3.05, 3.63) is 17.3 Å². The van der Waals surface area contributed by atoms with Crippen LogP contribution in [-0.2, 0) is 0 Å². The molecule has 2 heterocycles. The molecule has 4 nitrogen and oxygen atoms in total. The van der Waals surface area contributed by atoms with Crippen LogP contribution in [0.4, 0.5) is 5.82 Å². The van der Waals surface area contributed by atoms with E-state index in [2.05, 4.69) is 10.2 Å². The molecule has 0 aromatic carbocycles. The average Bonchev–Trinajstić information content (AvgIpc) is 2.08. The second-order valence-corrected chi connectivity index (χ2v) is 3.42. The Morgan fingerprint density at radius 3 is 2.85 bits per heavy atom. The number of anilines is 1. The van der Waals surface area contributed by atoms with Crippen molar-refractivity contribution < 1.29 is 5.11 Å². The van der Waals surface area contributed by atoms with Gasteiger partial charge in [-0.2, -0.15) is 0 Å². The van der Waals surface area contributed by atoms with Crippen LogP contribution >= 0.6 is 11.6 Å². The van der Waals surface area contributed by atoms with E-state index in [0.29, 0.717) is 5.15 Å². The molecule has 1 aliphatic heterocycles. The van der Waals surface area contributed by atoms with Gasteiger partial charge >= 0.3 is 0 Å². The highest BCUT2D eigenvalue weighted by atomic mass is 35.5. The van der Waals surface area contributed by atoms with Crippen LogP contribution in [0, 0.1) is 0 Å². The lowest BCUT2D eigenvalue weighted by atomic mass is 10.0. The van der Waals surface area contributed by atoms with Crippen LogP contribution in [0.15, 0.2) is 12.1 Å². The number of halogens is 1. The Morgan fingerprint density at radius 1 is 1.54 bits per heavy atom. The summed E-state index contributed by atoms with van der Waals surface area (Å²) in [5, 5.41) is 17.0. The van der Waals surface area contributed by atoms with E-state index < -0.39 is 0 Å². The Bertz CT molecular complexity index is 288. The van der Waals surface area contributed by atoms with Crippen LogP contribution in [0.2, 0.25) is 5.15 Å². The molecule has 1 N–H and O–H groups in total. The van der Waals surface area contributed by atoms with Gasteiger partial charge in [-0.3, -0.25) is 0 Å². The lowest BCUT2D eigenvalue weighted by Crippen LogP contribution is -2.50. The van der Waals surface area contributed by atoms with Crippen LogP contribution in [-0.4, -0.2) is 34.5 Å². The van der Waals surface area contributed by atoms with Crippen LogP contribution < -0.4 is 4.90 Å². The molecule has 1 aromatic heterocycles. The summed E-state index contributed by atoms with van der Waals surface area (Å²) in [6, 6.07) is 3.73. The molecule has 1 aliphatic rings. The number of rotatable bonds is 2. The molecule has 1 atom stereocenters. The predicted octanol–water partition coefficient (Wildman–Crippen LogP) is 0.701. The number of aliphatic hydroxyl groups excluding tert-OH is 1. The summed E-state index contributed by atoms with van der Waals surface area (Å²) in [7, 11) is 0. The topological polar surface area (TPSA) is 49.2 Å². The average molecular weight is 200 g/mol. The Labute approximate surface area is 81.2 Å². The van der Waals surface area contributed by atoms with E-state index in [-0.39, 0.29) is 12.6 Å².